The Balaban J connectivity index is 1.50. The summed E-state index contributed by atoms with van der Waals surface area (Å²) in [7, 11) is 3.00. The highest BCUT2D eigenvalue weighted by Gasteiger charge is 2.46. The molecule has 0 unspecified atom stereocenters. The number of benzene rings is 2. The van der Waals surface area contributed by atoms with Crippen LogP contribution >= 0.6 is 0 Å². The second-order valence-corrected chi connectivity index (χ2v) is 10.6. The number of amides is 3. The second kappa shape index (κ2) is 10.9. The van der Waals surface area contributed by atoms with E-state index in [2.05, 4.69) is 11.4 Å². The van der Waals surface area contributed by atoms with Gasteiger partial charge in [-0.3, -0.25) is 14.4 Å². The number of hydrogen-bond acceptors (Lipinski definition) is 5. The van der Waals surface area contributed by atoms with Crippen molar-refractivity contribution < 1.29 is 23.9 Å². The monoisotopic (exact) mass is 520 g/mol. The number of nitrogens with one attached hydrogen (secondary N) is 1. The van der Waals surface area contributed by atoms with Crippen molar-refractivity contribution in [3.05, 3.63) is 65.5 Å². The largest absolute Gasteiger partial charge is 0.383 e. The van der Waals surface area contributed by atoms with Gasteiger partial charge in [-0.05, 0) is 55.0 Å². The van der Waals surface area contributed by atoms with E-state index >= 15 is 0 Å². The Bertz CT molecular complexity index is 1260. The third-order valence-electron chi connectivity index (χ3n) is 7.82. The smallest absolute Gasteiger partial charge is 0.252 e. The molecule has 1 saturated carbocycles. The third-order valence-corrected chi connectivity index (χ3v) is 7.82. The van der Waals surface area contributed by atoms with Gasteiger partial charge in [-0.15, -0.1) is 0 Å². The molecule has 3 amide bonds. The minimum absolute atomic E-state index is 0.0165. The SMILES string of the molecule is CN(C(=O)[C@H](CC1CC1)N(C)C(=O)[C@H](O)Cc1ccc(F)cc1)[C@H](C#N)C[C@@]1(C)C(=O)Nc2ccccc21. The van der Waals surface area contributed by atoms with Gasteiger partial charge in [-0.25, -0.2) is 4.39 Å². The minimum Gasteiger partial charge on any atom is -0.383 e. The molecule has 1 aliphatic heterocycles. The number of carbonyl (C=O) groups is 3. The van der Waals surface area contributed by atoms with Crippen LogP contribution < -0.4 is 5.32 Å². The highest BCUT2D eigenvalue weighted by atomic mass is 19.1. The zero-order valence-electron chi connectivity index (χ0n) is 21.9. The Morgan fingerprint density at radius 1 is 1.13 bits per heavy atom. The summed E-state index contributed by atoms with van der Waals surface area (Å²) in [5.74, 6) is -1.39. The average molecular weight is 521 g/mol. The molecule has 2 aliphatic rings. The summed E-state index contributed by atoms with van der Waals surface area (Å²) in [6, 6.07) is 13.2. The molecule has 9 heteroatoms. The molecule has 0 spiro atoms. The molecule has 38 heavy (non-hydrogen) atoms. The summed E-state index contributed by atoms with van der Waals surface area (Å²) in [5.41, 5.74) is 1.07. The number of para-hydroxylation sites is 1. The van der Waals surface area contributed by atoms with Crippen molar-refractivity contribution in [2.75, 3.05) is 19.4 Å². The van der Waals surface area contributed by atoms with Crippen LogP contribution in [0.3, 0.4) is 0 Å². The number of aliphatic hydroxyl groups excluding tert-OH is 1. The van der Waals surface area contributed by atoms with Crippen molar-refractivity contribution in [3.63, 3.8) is 0 Å². The molecule has 4 rings (SSSR count). The number of hydrogen-bond donors (Lipinski definition) is 2. The first kappa shape index (κ1) is 27.3. The molecule has 2 N–H and O–H groups in total. The van der Waals surface area contributed by atoms with Gasteiger partial charge in [0.25, 0.3) is 5.91 Å². The molecule has 4 atom stereocenters. The van der Waals surface area contributed by atoms with Gasteiger partial charge in [0.1, 0.15) is 24.0 Å². The lowest BCUT2D eigenvalue weighted by Crippen LogP contribution is -2.54. The minimum atomic E-state index is -1.41. The first-order valence-corrected chi connectivity index (χ1v) is 12.8. The van der Waals surface area contributed by atoms with Crippen LogP contribution in [0.2, 0.25) is 0 Å². The molecular formula is C29H33FN4O4. The Labute approximate surface area is 222 Å². The number of nitriles is 1. The Morgan fingerprint density at radius 3 is 2.42 bits per heavy atom. The standard InChI is InChI=1S/C29H33FN4O4/c1-29(22-6-4-5-7-23(22)32-28(29)38)16-21(17-31)33(2)26(36)24(14-18-8-9-18)34(3)27(37)25(35)15-19-10-12-20(30)13-11-19/h4-7,10-13,18,21,24-25,35H,8-9,14-16H2,1-3H3,(H,32,38)/t21-,24-,25+,29+/m0/s1. The Kier molecular flexibility index (Phi) is 7.83. The summed E-state index contributed by atoms with van der Waals surface area (Å²) < 4.78 is 13.2. The normalized spacial score (nSPS) is 20.5. The molecule has 8 nitrogen and oxygen atoms in total. The van der Waals surface area contributed by atoms with Crippen LogP contribution in [0.4, 0.5) is 10.1 Å². The van der Waals surface area contributed by atoms with Crippen molar-refractivity contribution in [2.24, 2.45) is 5.92 Å². The van der Waals surface area contributed by atoms with E-state index in [0.29, 0.717) is 17.7 Å². The average Bonchev–Trinajstić information content (AvgIpc) is 3.70. The Morgan fingerprint density at radius 2 is 1.79 bits per heavy atom. The highest BCUT2D eigenvalue weighted by Crippen LogP contribution is 2.41. The molecule has 1 heterocycles. The van der Waals surface area contributed by atoms with Gasteiger partial charge in [0.2, 0.25) is 11.8 Å². The molecule has 200 valence electrons. The first-order valence-electron chi connectivity index (χ1n) is 12.8. The fourth-order valence-electron chi connectivity index (χ4n) is 5.12. The number of carbonyl (C=O) groups excluding carboxylic acids is 3. The van der Waals surface area contributed by atoms with Crippen molar-refractivity contribution in [1.29, 1.82) is 5.26 Å². The van der Waals surface area contributed by atoms with Gasteiger partial charge in [0.05, 0.1) is 11.5 Å². The van der Waals surface area contributed by atoms with E-state index in [1.165, 1.54) is 48.2 Å². The van der Waals surface area contributed by atoms with E-state index in [1.807, 2.05) is 18.2 Å². The lowest BCUT2D eigenvalue weighted by atomic mass is 9.78. The molecular weight excluding hydrogens is 487 g/mol. The number of rotatable bonds is 10. The topological polar surface area (TPSA) is 114 Å². The van der Waals surface area contributed by atoms with Gasteiger partial charge in [0.15, 0.2) is 0 Å². The molecule has 0 bridgehead atoms. The molecule has 2 aromatic rings. The fraction of sp³-hybridized carbons (Fsp3) is 0.448. The fourth-order valence-corrected chi connectivity index (χ4v) is 5.12. The zero-order chi connectivity index (χ0) is 27.6. The predicted octanol–water partition coefficient (Wildman–Crippen LogP) is 3.01. The first-order chi connectivity index (χ1) is 18.0. The number of anilines is 1. The Hall–Kier alpha value is -3.77. The van der Waals surface area contributed by atoms with E-state index in [4.69, 9.17) is 0 Å². The summed E-state index contributed by atoms with van der Waals surface area (Å²) in [4.78, 5) is 42.4. The zero-order valence-corrected chi connectivity index (χ0v) is 21.9. The number of nitrogens with zero attached hydrogens (tertiary/aromatic N) is 3. The molecule has 1 aliphatic carbocycles. The van der Waals surface area contributed by atoms with Gasteiger partial charge < -0.3 is 20.2 Å². The van der Waals surface area contributed by atoms with E-state index in [9.17, 15) is 29.1 Å². The van der Waals surface area contributed by atoms with Gasteiger partial charge in [-0.1, -0.05) is 43.2 Å². The number of halogens is 1. The van der Waals surface area contributed by atoms with Crippen LogP contribution in [-0.2, 0) is 26.2 Å². The van der Waals surface area contributed by atoms with Gasteiger partial charge in [-0.2, -0.15) is 5.26 Å². The van der Waals surface area contributed by atoms with E-state index in [-0.39, 0.29) is 24.7 Å². The number of aliphatic hydroxyl groups is 1. The van der Waals surface area contributed by atoms with E-state index < -0.39 is 41.2 Å². The van der Waals surface area contributed by atoms with Crippen molar-refractivity contribution >= 4 is 23.4 Å². The summed E-state index contributed by atoms with van der Waals surface area (Å²) in [6.45, 7) is 1.76. The predicted molar refractivity (Wildman–Crippen MR) is 139 cm³/mol. The summed E-state index contributed by atoms with van der Waals surface area (Å²) in [5, 5.41) is 23.5. The molecule has 0 radical (unpaired) electrons. The number of fused-ring (bicyclic) bond motifs is 1. The summed E-state index contributed by atoms with van der Waals surface area (Å²) in [6.07, 6.45) is 0.990. The lowest BCUT2D eigenvalue weighted by molar-refractivity contribution is -0.149. The van der Waals surface area contributed by atoms with Crippen molar-refractivity contribution in [3.8, 4) is 6.07 Å². The maximum Gasteiger partial charge on any atom is 0.252 e. The maximum absolute atomic E-state index is 13.7. The second-order valence-electron chi connectivity index (χ2n) is 10.6. The summed E-state index contributed by atoms with van der Waals surface area (Å²) >= 11 is 0. The van der Waals surface area contributed by atoms with Crippen LogP contribution in [0.1, 0.15) is 43.7 Å². The lowest BCUT2D eigenvalue weighted by Gasteiger charge is -2.35. The van der Waals surface area contributed by atoms with Crippen LogP contribution in [0.15, 0.2) is 48.5 Å². The van der Waals surface area contributed by atoms with Crippen LogP contribution in [0.5, 0.6) is 0 Å². The van der Waals surface area contributed by atoms with Gasteiger partial charge in [0, 0.05) is 26.2 Å². The quantitative estimate of drug-likeness (QED) is 0.500. The molecule has 0 saturated heterocycles. The molecule has 1 fully saturated rings. The van der Waals surface area contributed by atoms with Crippen molar-refractivity contribution in [1.82, 2.24) is 9.80 Å². The third kappa shape index (κ3) is 5.55. The van der Waals surface area contributed by atoms with Crippen LogP contribution in [-0.4, -0.2) is 64.9 Å². The molecule has 0 aromatic heterocycles. The van der Waals surface area contributed by atoms with E-state index in [0.717, 1.165) is 18.4 Å². The molecule has 2 aromatic carbocycles. The number of likely N-dealkylation sites (N-methyl/N-ethyl adjacent to an activating group) is 2. The maximum atomic E-state index is 13.7. The van der Waals surface area contributed by atoms with E-state index in [1.54, 1.807) is 13.0 Å². The van der Waals surface area contributed by atoms with Crippen molar-refractivity contribution in [2.45, 2.75) is 62.6 Å². The van der Waals surface area contributed by atoms with Crippen LogP contribution in [0, 0.1) is 23.1 Å². The highest BCUT2D eigenvalue weighted by molar-refractivity contribution is 6.06. The van der Waals surface area contributed by atoms with Gasteiger partial charge >= 0.3 is 0 Å². The van der Waals surface area contributed by atoms with Crippen LogP contribution in [0.25, 0.3) is 0 Å².